The van der Waals surface area contributed by atoms with Gasteiger partial charge in [-0.05, 0) is 60.6 Å². The zero-order chi connectivity index (χ0) is 19.8. The molecule has 7 nitrogen and oxygen atoms in total. The van der Waals surface area contributed by atoms with Crippen molar-refractivity contribution in [2.45, 2.75) is 32.8 Å². The van der Waals surface area contributed by atoms with Crippen LogP contribution in [0.25, 0.3) is 15.9 Å². The van der Waals surface area contributed by atoms with Crippen molar-refractivity contribution in [3.05, 3.63) is 52.4 Å². The number of hydrogen-bond donors (Lipinski definition) is 0. The maximum absolute atomic E-state index is 5.41. The molecule has 148 valence electrons. The molecule has 8 heteroatoms. The van der Waals surface area contributed by atoms with E-state index in [1.807, 2.05) is 24.3 Å². The number of nitrogens with zero attached hydrogens (tertiary/aromatic N) is 5. The largest absolute Gasteiger partial charge is 0.497 e. The van der Waals surface area contributed by atoms with Crippen molar-refractivity contribution in [2.75, 3.05) is 7.11 Å². The summed E-state index contributed by atoms with van der Waals surface area (Å²) in [5, 5.41) is 9.68. The first kappa shape index (κ1) is 18.1. The number of aryl methyl sites for hydroxylation is 1. The lowest BCUT2D eigenvalue weighted by atomic mass is 9.89. The molecular formula is C21H21N5O2S. The van der Waals surface area contributed by atoms with Crippen LogP contribution in [-0.2, 0) is 24.3 Å². The third-order valence-electron chi connectivity index (χ3n) is 5.26. The summed E-state index contributed by atoms with van der Waals surface area (Å²) in [5.74, 6) is 2.13. The molecule has 1 aliphatic carbocycles. The fourth-order valence-corrected chi connectivity index (χ4v) is 5.07. The Hall–Kier alpha value is -3.00. The van der Waals surface area contributed by atoms with E-state index >= 15 is 0 Å². The number of fused-ring (bicyclic) bond motifs is 5. The predicted molar refractivity (Wildman–Crippen MR) is 113 cm³/mol. The zero-order valence-corrected chi connectivity index (χ0v) is 17.1. The fraction of sp³-hybridized carbons (Fsp3) is 0.333. The number of rotatable bonds is 5. The van der Waals surface area contributed by atoms with Gasteiger partial charge in [-0.2, -0.15) is 0 Å². The Balaban J connectivity index is 1.35. The molecule has 0 radical (unpaired) electrons. The molecule has 0 spiro atoms. The van der Waals surface area contributed by atoms with Crippen LogP contribution in [0.2, 0.25) is 0 Å². The molecule has 1 aliphatic rings. The molecule has 3 heterocycles. The normalized spacial score (nSPS) is 16.6. The molecular weight excluding hydrogens is 386 g/mol. The van der Waals surface area contributed by atoms with E-state index in [0.29, 0.717) is 5.82 Å². The molecule has 0 saturated heterocycles. The van der Waals surface area contributed by atoms with Crippen molar-refractivity contribution in [2.24, 2.45) is 11.1 Å². The van der Waals surface area contributed by atoms with Crippen molar-refractivity contribution >= 4 is 33.4 Å². The van der Waals surface area contributed by atoms with Gasteiger partial charge in [0.2, 0.25) is 0 Å². The number of aromatic nitrogens is 4. The van der Waals surface area contributed by atoms with Crippen molar-refractivity contribution in [3.8, 4) is 5.75 Å². The first-order valence-electron chi connectivity index (χ1n) is 9.65. The highest BCUT2D eigenvalue weighted by Crippen LogP contribution is 2.38. The topological polar surface area (TPSA) is 73.9 Å². The Morgan fingerprint density at radius 2 is 2.17 bits per heavy atom. The molecule has 1 atom stereocenters. The van der Waals surface area contributed by atoms with E-state index in [1.54, 1.807) is 35.5 Å². The van der Waals surface area contributed by atoms with E-state index in [0.717, 1.165) is 45.9 Å². The summed E-state index contributed by atoms with van der Waals surface area (Å²) in [4.78, 5) is 17.2. The fourth-order valence-electron chi connectivity index (χ4n) is 3.73. The molecule has 1 aromatic carbocycles. The SMILES string of the molecule is COc1ccc(/C=N\OCc2nc3c4c5c(sc4ncn3n2)C[C@@H](C)CC5)cc1. The highest BCUT2D eigenvalue weighted by atomic mass is 32.1. The van der Waals surface area contributed by atoms with Crippen molar-refractivity contribution in [3.63, 3.8) is 0 Å². The molecule has 3 aromatic heterocycles. The lowest BCUT2D eigenvalue weighted by Crippen LogP contribution is -2.08. The Morgan fingerprint density at radius 3 is 3.00 bits per heavy atom. The van der Waals surface area contributed by atoms with Gasteiger partial charge in [0.1, 0.15) is 16.9 Å². The molecule has 0 unspecified atom stereocenters. The zero-order valence-electron chi connectivity index (χ0n) is 16.3. The lowest BCUT2D eigenvalue weighted by molar-refractivity contribution is 0.126. The molecule has 0 N–H and O–H groups in total. The van der Waals surface area contributed by atoms with Crippen molar-refractivity contribution in [1.82, 2.24) is 19.6 Å². The van der Waals surface area contributed by atoms with E-state index in [9.17, 15) is 0 Å². The van der Waals surface area contributed by atoms with Crippen LogP contribution in [0, 0.1) is 5.92 Å². The summed E-state index contributed by atoms with van der Waals surface area (Å²) in [6.45, 7) is 2.52. The van der Waals surface area contributed by atoms with Gasteiger partial charge in [0, 0.05) is 4.88 Å². The number of benzene rings is 1. The third kappa shape index (κ3) is 3.44. The number of hydrogen-bond acceptors (Lipinski definition) is 7. The van der Waals surface area contributed by atoms with E-state index in [2.05, 4.69) is 22.2 Å². The highest BCUT2D eigenvalue weighted by molar-refractivity contribution is 7.19. The van der Waals surface area contributed by atoms with E-state index in [-0.39, 0.29) is 6.61 Å². The van der Waals surface area contributed by atoms with Crippen molar-refractivity contribution < 1.29 is 9.57 Å². The van der Waals surface area contributed by atoms with E-state index < -0.39 is 0 Å². The first-order chi connectivity index (χ1) is 14.2. The summed E-state index contributed by atoms with van der Waals surface area (Å²) >= 11 is 1.79. The number of thiophene rings is 1. The minimum absolute atomic E-state index is 0.208. The van der Waals surface area contributed by atoms with Gasteiger partial charge in [0.05, 0.1) is 18.7 Å². The van der Waals surface area contributed by atoms with Crippen LogP contribution in [-0.4, -0.2) is 32.9 Å². The summed E-state index contributed by atoms with van der Waals surface area (Å²) in [6.07, 6.45) is 6.82. The molecule has 0 fully saturated rings. The molecule has 5 rings (SSSR count). The van der Waals surface area contributed by atoms with E-state index in [1.165, 1.54) is 16.9 Å². The molecule has 0 bridgehead atoms. The molecule has 0 amide bonds. The predicted octanol–water partition coefficient (Wildman–Crippen LogP) is 4.02. The second-order valence-corrected chi connectivity index (χ2v) is 8.44. The molecule has 0 saturated carbocycles. The Bertz CT molecular complexity index is 1200. The van der Waals surface area contributed by atoms with Crippen molar-refractivity contribution in [1.29, 1.82) is 0 Å². The number of oxime groups is 1. The monoisotopic (exact) mass is 407 g/mol. The van der Waals surface area contributed by atoms with Gasteiger partial charge < -0.3 is 9.57 Å². The molecule has 29 heavy (non-hydrogen) atoms. The Labute approximate surface area is 172 Å². The first-order valence-corrected chi connectivity index (χ1v) is 10.5. The standard InChI is InChI=1S/C21H21N5O2S/c1-13-3-8-16-17(9-13)29-21-19(16)20-24-18(25-26(20)12-22-21)11-28-23-10-14-4-6-15(27-2)7-5-14/h4-7,10,12-13H,3,8-9,11H2,1-2H3/b23-10-/t13-/m0/s1. The maximum Gasteiger partial charge on any atom is 0.192 e. The van der Waals surface area contributed by atoms with Crippen LogP contribution in [0.1, 0.15) is 35.2 Å². The summed E-state index contributed by atoms with van der Waals surface area (Å²) < 4.78 is 6.90. The lowest BCUT2D eigenvalue weighted by Gasteiger charge is -2.17. The van der Waals surface area contributed by atoms with E-state index in [4.69, 9.17) is 14.6 Å². The van der Waals surface area contributed by atoms with Crippen LogP contribution in [0.4, 0.5) is 0 Å². The van der Waals surface area contributed by atoms with Crippen LogP contribution in [0.3, 0.4) is 0 Å². The maximum atomic E-state index is 5.41. The number of methoxy groups -OCH3 is 1. The van der Waals surface area contributed by atoms with Gasteiger partial charge in [-0.1, -0.05) is 12.1 Å². The van der Waals surface area contributed by atoms with Gasteiger partial charge in [-0.3, -0.25) is 0 Å². The van der Waals surface area contributed by atoms with Gasteiger partial charge in [-0.25, -0.2) is 14.5 Å². The molecule has 0 aliphatic heterocycles. The minimum Gasteiger partial charge on any atom is -0.497 e. The average molecular weight is 407 g/mol. The number of ether oxygens (including phenoxy) is 1. The summed E-state index contributed by atoms with van der Waals surface area (Å²) in [6, 6.07) is 7.59. The van der Waals surface area contributed by atoms with Gasteiger partial charge in [0.25, 0.3) is 0 Å². The minimum atomic E-state index is 0.208. The Kier molecular flexibility index (Phi) is 4.63. The van der Waals surface area contributed by atoms with Gasteiger partial charge in [0.15, 0.2) is 18.1 Å². The molecule has 4 aromatic rings. The van der Waals surface area contributed by atoms with Crippen LogP contribution in [0.15, 0.2) is 35.7 Å². The quantitative estimate of drug-likeness (QED) is 0.369. The smallest absolute Gasteiger partial charge is 0.192 e. The van der Waals surface area contributed by atoms with Crippen LogP contribution in [0.5, 0.6) is 5.75 Å². The summed E-state index contributed by atoms with van der Waals surface area (Å²) in [7, 11) is 1.64. The van der Waals surface area contributed by atoms with Gasteiger partial charge >= 0.3 is 0 Å². The third-order valence-corrected chi connectivity index (χ3v) is 6.42. The van der Waals surface area contributed by atoms with Gasteiger partial charge in [-0.15, -0.1) is 16.4 Å². The second kappa shape index (κ2) is 7.44. The average Bonchev–Trinajstić information content (AvgIpc) is 3.31. The van der Waals surface area contributed by atoms with Crippen LogP contribution < -0.4 is 4.74 Å². The summed E-state index contributed by atoms with van der Waals surface area (Å²) in [5.41, 5.74) is 3.19. The van der Waals surface area contributed by atoms with Crippen LogP contribution >= 0.6 is 11.3 Å². The Morgan fingerprint density at radius 1 is 1.31 bits per heavy atom. The highest BCUT2D eigenvalue weighted by Gasteiger charge is 2.23. The second-order valence-electron chi connectivity index (χ2n) is 7.35.